The van der Waals surface area contributed by atoms with E-state index in [-0.39, 0.29) is 5.92 Å². The second-order valence-corrected chi connectivity index (χ2v) is 7.23. The largest absolute Gasteiger partial charge is 0.468 e. The van der Waals surface area contributed by atoms with Gasteiger partial charge in [-0.05, 0) is 37.9 Å². The molecule has 5 nitrogen and oxygen atoms in total. The van der Waals surface area contributed by atoms with Gasteiger partial charge >= 0.3 is 5.97 Å². The number of nitrogens with zero attached hydrogens (tertiary/aromatic N) is 1. The van der Waals surface area contributed by atoms with Crippen LogP contribution in [-0.2, 0) is 26.2 Å². The lowest BCUT2D eigenvalue weighted by Crippen LogP contribution is -2.50. The molecule has 1 aromatic heterocycles. The molecule has 0 saturated carbocycles. The molecule has 0 amide bonds. The second-order valence-electron chi connectivity index (χ2n) is 7.23. The average Bonchev–Trinajstić information content (AvgIpc) is 3.09. The van der Waals surface area contributed by atoms with Crippen LogP contribution in [0, 0.1) is 5.92 Å². The minimum Gasteiger partial charge on any atom is -0.468 e. The highest BCUT2D eigenvalue weighted by molar-refractivity contribution is 6.03. The number of ether oxygens (including phenoxy) is 1. The molecule has 5 heteroatoms. The number of aromatic amines is 1. The van der Waals surface area contributed by atoms with Crippen molar-refractivity contribution >= 4 is 23.2 Å². The van der Waals surface area contributed by atoms with Crippen molar-refractivity contribution in [2.75, 3.05) is 26.7 Å². The zero-order chi connectivity index (χ0) is 18.3. The number of methoxy groups -OCH3 is 1. The zero-order valence-corrected chi connectivity index (χ0v) is 15.2. The Bertz CT molecular complexity index is 898. The summed E-state index contributed by atoms with van der Waals surface area (Å²) in [4.78, 5) is 31.5. The van der Waals surface area contributed by atoms with Crippen LogP contribution in [0.5, 0.6) is 0 Å². The smallest absolute Gasteiger partial charge is 0.325 e. The Hall–Kier alpha value is -2.40. The van der Waals surface area contributed by atoms with E-state index in [1.54, 1.807) is 0 Å². The second kappa shape index (κ2) is 6.40. The van der Waals surface area contributed by atoms with Crippen LogP contribution in [0.15, 0.2) is 35.9 Å². The van der Waals surface area contributed by atoms with Gasteiger partial charge in [0.05, 0.1) is 7.11 Å². The number of benzene rings is 1. The van der Waals surface area contributed by atoms with E-state index < -0.39 is 11.4 Å². The zero-order valence-electron chi connectivity index (χ0n) is 15.2. The molecule has 2 aromatic rings. The van der Waals surface area contributed by atoms with Crippen molar-refractivity contribution in [1.29, 1.82) is 0 Å². The molecule has 3 atom stereocenters. The minimum atomic E-state index is -1.32. The van der Waals surface area contributed by atoms with Crippen molar-refractivity contribution in [3.8, 4) is 0 Å². The Morgan fingerprint density at radius 3 is 2.88 bits per heavy atom. The Morgan fingerprint density at radius 2 is 2.15 bits per heavy atom. The van der Waals surface area contributed by atoms with Gasteiger partial charge in [-0.15, -0.1) is 0 Å². The first-order chi connectivity index (χ1) is 12.7. The van der Waals surface area contributed by atoms with E-state index in [1.165, 1.54) is 7.11 Å². The van der Waals surface area contributed by atoms with Gasteiger partial charge in [0.25, 0.3) is 0 Å². The molecule has 26 heavy (non-hydrogen) atoms. The predicted octanol–water partition coefficient (Wildman–Crippen LogP) is 2.60. The van der Waals surface area contributed by atoms with E-state index in [1.807, 2.05) is 25.1 Å². The lowest BCUT2D eigenvalue weighted by Gasteiger charge is -2.40. The summed E-state index contributed by atoms with van der Waals surface area (Å²) in [6.45, 7) is 4.59. The van der Waals surface area contributed by atoms with Crippen LogP contribution in [0.3, 0.4) is 0 Å². The molecule has 0 radical (unpaired) electrons. The number of para-hydroxylation sites is 1. The molecular weight excluding hydrogens is 328 g/mol. The fourth-order valence-electron chi connectivity index (χ4n) is 4.81. The first kappa shape index (κ1) is 17.0. The Balaban J connectivity index is 2.06. The number of H-pyrrole nitrogens is 1. The molecule has 5 rings (SSSR count). The van der Waals surface area contributed by atoms with Gasteiger partial charge in [0.2, 0.25) is 0 Å². The highest BCUT2D eigenvalue weighted by Crippen LogP contribution is 2.45. The number of rotatable bonds is 2. The number of hydrogen-bond donors (Lipinski definition) is 1. The molecule has 1 fully saturated rings. The standard InChI is InChI=1S/C21H24N2O3/c1-3-14-12-23-10-8-16-15-6-4-5-7-18(15)22-19(16)21(13-24,20(25)26-2)17(14)9-11-23/h3-7,13,17,22H,8-12H2,1-2H3/b14-3-/t17-,21-/m0/s1. The molecule has 1 saturated heterocycles. The Labute approximate surface area is 153 Å². The lowest BCUT2D eigenvalue weighted by molar-refractivity contribution is -0.152. The Kier molecular flexibility index (Phi) is 4.19. The minimum absolute atomic E-state index is 0.182. The SMILES string of the molecule is C/C=C1/CN2CCc3c([nH]c4ccccc34)[C@@](C=O)(C(=O)OC)[C@H]1CC2. The summed E-state index contributed by atoms with van der Waals surface area (Å²) < 4.78 is 5.19. The number of carbonyl (C=O) groups excluding carboxylic acids is 2. The topological polar surface area (TPSA) is 62.4 Å². The molecule has 0 spiro atoms. The number of hydrogen-bond acceptors (Lipinski definition) is 4. The molecule has 3 aliphatic rings. The molecule has 2 bridgehead atoms. The fourth-order valence-corrected chi connectivity index (χ4v) is 4.81. The molecule has 1 aromatic carbocycles. The quantitative estimate of drug-likeness (QED) is 0.391. The van der Waals surface area contributed by atoms with Gasteiger partial charge in [-0.2, -0.15) is 0 Å². The van der Waals surface area contributed by atoms with Crippen LogP contribution in [0.4, 0.5) is 0 Å². The van der Waals surface area contributed by atoms with Crippen LogP contribution in [0.2, 0.25) is 0 Å². The van der Waals surface area contributed by atoms with Crippen molar-refractivity contribution < 1.29 is 14.3 Å². The third-order valence-electron chi connectivity index (χ3n) is 6.12. The van der Waals surface area contributed by atoms with Gasteiger partial charge in [-0.1, -0.05) is 29.8 Å². The summed E-state index contributed by atoms with van der Waals surface area (Å²) in [5.41, 5.74) is 2.56. The number of aromatic nitrogens is 1. The van der Waals surface area contributed by atoms with Gasteiger partial charge in [0, 0.05) is 35.6 Å². The van der Waals surface area contributed by atoms with Crippen LogP contribution < -0.4 is 0 Å². The van der Waals surface area contributed by atoms with Crippen molar-refractivity contribution in [1.82, 2.24) is 9.88 Å². The van der Waals surface area contributed by atoms with Gasteiger partial charge in [-0.3, -0.25) is 9.69 Å². The van der Waals surface area contributed by atoms with Gasteiger partial charge < -0.3 is 14.5 Å². The first-order valence-corrected chi connectivity index (χ1v) is 9.18. The third-order valence-corrected chi connectivity index (χ3v) is 6.12. The lowest BCUT2D eigenvalue weighted by atomic mass is 9.67. The molecule has 1 unspecified atom stereocenters. The molecular formula is C21H24N2O3. The first-order valence-electron chi connectivity index (χ1n) is 9.18. The van der Waals surface area contributed by atoms with E-state index in [0.29, 0.717) is 5.69 Å². The highest BCUT2D eigenvalue weighted by atomic mass is 16.5. The van der Waals surface area contributed by atoms with Crippen molar-refractivity contribution in [3.63, 3.8) is 0 Å². The maximum absolute atomic E-state index is 13.1. The number of aldehydes is 1. The number of piperidine rings is 1. The third kappa shape index (κ3) is 2.27. The number of fused-ring (bicyclic) bond motifs is 4. The van der Waals surface area contributed by atoms with E-state index in [2.05, 4.69) is 22.0 Å². The summed E-state index contributed by atoms with van der Waals surface area (Å²) in [6, 6.07) is 8.02. The van der Waals surface area contributed by atoms with Crippen molar-refractivity contribution in [2.45, 2.75) is 25.2 Å². The number of carbonyl (C=O) groups is 2. The molecule has 136 valence electrons. The number of esters is 1. The predicted molar refractivity (Wildman–Crippen MR) is 100 cm³/mol. The van der Waals surface area contributed by atoms with E-state index in [4.69, 9.17) is 4.74 Å². The molecule has 3 aliphatic heterocycles. The monoisotopic (exact) mass is 352 g/mol. The summed E-state index contributed by atoms with van der Waals surface area (Å²) in [7, 11) is 1.37. The number of allylic oxidation sites excluding steroid dienone is 1. The maximum Gasteiger partial charge on any atom is 0.325 e. The summed E-state index contributed by atoms with van der Waals surface area (Å²) in [5.74, 6) is -0.654. The molecule has 0 aliphatic carbocycles. The van der Waals surface area contributed by atoms with E-state index >= 15 is 0 Å². The van der Waals surface area contributed by atoms with Crippen LogP contribution in [0.25, 0.3) is 10.9 Å². The van der Waals surface area contributed by atoms with Crippen LogP contribution in [0.1, 0.15) is 24.6 Å². The van der Waals surface area contributed by atoms with Crippen molar-refractivity contribution in [2.24, 2.45) is 5.92 Å². The van der Waals surface area contributed by atoms with E-state index in [0.717, 1.165) is 60.8 Å². The normalized spacial score (nSPS) is 29.7. The van der Waals surface area contributed by atoms with E-state index in [9.17, 15) is 9.59 Å². The van der Waals surface area contributed by atoms with Gasteiger partial charge in [-0.25, -0.2) is 0 Å². The summed E-state index contributed by atoms with van der Waals surface area (Å²) in [6.07, 6.45) is 4.45. The Morgan fingerprint density at radius 1 is 1.35 bits per heavy atom. The van der Waals surface area contributed by atoms with Crippen molar-refractivity contribution in [3.05, 3.63) is 47.2 Å². The number of nitrogens with one attached hydrogen (secondary N) is 1. The summed E-state index contributed by atoms with van der Waals surface area (Å²) >= 11 is 0. The van der Waals surface area contributed by atoms with Gasteiger partial charge in [0.1, 0.15) is 6.29 Å². The fraction of sp³-hybridized carbons (Fsp3) is 0.429. The molecule has 4 heterocycles. The maximum atomic E-state index is 13.1. The average molecular weight is 352 g/mol. The van der Waals surface area contributed by atoms with Crippen LogP contribution in [-0.4, -0.2) is 48.9 Å². The molecule has 1 N–H and O–H groups in total. The van der Waals surface area contributed by atoms with Crippen LogP contribution >= 0.6 is 0 Å². The highest BCUT2D eigenvalue weighted by Gasteiger charge is 2.53. The summed E-state index contributed by atoms with van der Waals surface area (Å²) in [5, 5.41) is 1.09. The van der Waals surface area contributed by atoms with Gasteiger partial charge in [0.15, 0.2) is 5.41 Å².